The Labute approximate surface area is 108 Å². The molecule has 1 aliphatic heterocycles. The topological polar surface area (TPSA) is 52.6 Å². The SMILES string of the molecule is O=C(NCC(CCO)c1ccccc1)N1CCC1. The van der Waals surface area contributed by atoms with E-state index in [9.17, 15) is 4.79 Å². The van der Waals surface area contributed by atoms with Crippen LogP contribution in [0.4, 0.5) is 4.79 Å². The Morgan fingerprint density at radius 1 is 1.33 bits per heavy atom. The number of nitrogens with zero attached hydrogens (tertiary/aromatic N) is 1. The number of aliphatic hydroxyl groups is 1. The maximum absolute atomic E-state index is 11.7. The maximum atomic E-state index is 11.7. The van der Waals surface area contributed by atoms with E-state index >= 15 is 0 Å². The number of likely N-dealkylation sites (tertiary alicyclic amines) is 1. The van der Waals surface area contributed by atoms with Crippen LogP contribution in [0, 0.1) is 0 Å². The van der Waals surface area contributed by atoms with Crippen LogP contribution in [0.1, 0.15) is 24.3 Å². The molecule has 4 heteroatoms. The highest BCUT2D eigenvalue weighted by atomic mass is 16.3. The Morgan fingerprint density at radius 2 is 2.06 bits per heavy atom. The first-order chi connectivity index (χ1) is 8.81. The molecule has 1 aromatic rings. The van der Waals surface area contributed by atoms with Crippen LogP contribution in [0.3, 0.4) is 0 Å². The fraction of sp³-hybridized carbons (Fsp3) is 0.500. The zero-order valence-electron chi connectivity index (χ0n) is 10.5. The first-order valence-corrected chi connectivity index (χ1v) is 6.50. The summed E-state index contributed by atoms with van der Waals surface area (Å²) in [5.74, 6) is 0.182. The Balaban J connectivity index is 1.88. The van der Waals surface area contributed by atoms with Crippen LogP contribution in [-0.4, -0.2) is 42.3 Å². The summed E-state index contributed by atoms with van der Waals surface area (Å²) in [5.41, 5.74) is 1.16. The van der Waals surface area contributed by atoms with Crippen molar-refractivity contribution in [2.75, 3.05) is 26.2 Å². The summed E-state index contributed by atoms with van der Waals surface area (Å²) in [6, 6.07) is 10.0. The first kappa shape index (κ1) is 12.9. The second-order valence-corrected chi connectivity index (χ2v) is 4.65. The van der Waals surface area contributed by atoms with Crippen molar-refractivity contribution in [3.63, 3.8) is 0 Å². The minimum Gasteiger partial charge on any atom is -0.396 e. The molecule has 1 saturated heterocycles. The van der Waals surface area contributed by atoms with Crippen LogP contribution in [0.5, 0.6) is 0 Å². The summed E-state index contributed by atoms with van der Waals surface area (Å²) in [6.07, 6.45) is 1.77. The fourth-order valence-corrected chi connectivity index (χ4v) is 2.11. The highest BCUT2D eigenvalue weighted by molar-refractivity contribution is 5.74. The average molecular weight is 248 g/mol. The molecule has 2 amide bonds. The van der Waals surface area contributed by atoms with Crippen LogP contribution < -0.4 is 5.32 Å². The first-order valence-electron chi connectivity index (χ1n) is 6.50. The second kappa shape index (κ2) is 6.40. The smallest absolute Gasteiger partial charge is 0.317 e. The lowest BCUT2D eigenvalue weighted by Gasteiger charge is -2.31. The second-order valence-electron chi connectivity index (χ2n) is 4.65. The van der Waals surface area contributed by atoms with Crippen LogP contribution in [0.25, 0.3) is 0 Å². The van der Waals surface area contributed by atoms with Gasteiger partial charge in [0.2, 0.25) is 0 Å². The third-order valence-electron chi connectivity index (χ3n) is 3.39. The predicted molar refractivity (Wildman–Crippen MR) is 70.5 cm³/mol. The van der Waals surface area contributed by atoms with Gasteiger partial charge in [-0.3, -0.25) is 0 Å². The van der Waals surface area contributed by atoms with Gasteiger partial charge in [0.15, 0.2) is 0 Å². The summed E-state index contributed by atoms with van der Waals surface area (Å²) in [4.78, 5) is 13.5. The number of benzene rings is 1. The van der Waals surface area contributed by atoms with Gasteiger partial charge in [-0.1, -0.05) is 30.3 Å². The van der Waals surface area contributed by atoms with Gasteiger partial charge in [-0.05, 0) is 18.4 Å². The number of amides is 2. The van der Waals surface area contributed by atoms with Gasteiger partial charge >= 0.3 is 6.03 Å². The largest absolute Gasteiger partial charge is 0.396 e. The lowest BCUT2D eigenvalue weighted by molar-refractivity contribution is 0.166. The summed E-state index contributed by atoms with van der Waals surface area (Å²) in [6.45, 7) is 2.45. The molecule has 0 aliphatic carbocycles. The molecule has 1 aromatic carbocycles. The summed E-state index contributed by atoms with van der Waals surface area (Å²) < 4.78 is 0. The molecule has 2 N–H and O–H groups in total. The van der Waals surface area contributed by atoms with E-state index < -0.39 is 0 Å². The van der Waals surface area contributed by atoms with Gasteiger partial charge < -0.3 is 15.3 Å². The third kappa shape index (κ3) is 3.23. The molecular weight excluding hydrogens is 228 g/mol. The number of urea groups is 1. The van der Waals surface area contributed by atoms with Gasteiger partial charge in [-0.15, -0.1) is 0 Å². The van der Waals surface area contributed by atoms with Crippen molar-refractivity contribution in [2.24, 2.45) is 0 Å². The van der Waals surface area contributed by atoms with E-state index in [4.69, 9.17) is 5.11 Å². The monoisotopic (exact) mass is 248 g/mol. The minimum atomic E-state index is 0.0140. The molecule has 1 unspecified atom stereocenters. The molecule has 1 atom stereocenters. The average Bonchev–Trinajstić information content (AvgIpc) is 2.33. The van der Waals surface area contributed by atoms with Gasteiger partial charge in [0.1, 0.15) is 0 Å². The van der Waals surface area contributed by atoms with Crippen LogP contribution in [0.15, 0.2) is 30.3 Å². The van der Waals surface area contributed by atoms with E-state index in [1.165, 1.54) is 0 Å². The van der Waals surface area contributed by atoms with Crippen LogP contribution in [0.2, 0.25) is 0 Å². The lowest BCUT2D eigenvalue weighted by atomic mass is 9.96. The Hall–Kier alpha value is -1.55. The third-order valence-corrected chi connectivity index (χ3v) is 3.39. The molecule has 98 valence electrons. The van der Waals surface area contributed by atoms with Gasteiger partial charge in [0.05, 0.1) is 0 Å². The molecule has 2 rings (SSSR count). The van der Waals surface area contributed by atoms with Crippen molar-refractivity contribution >= 4 is 6.03 Å². The van der Waals surface area contributed by atoms with E-state index in [-0.39, 0.29) is 18.6 Å². The maximum Gasteiger partial charge on any atom is 0.317 e. The van der Waals surface area contributed by atoms with Gasteiger partial charge in [0, 0.05) is 32.2 Å². The molecule has 0 spiro atoms. The van der Waals surface area contributed by atoms with E-state index in [1.807, 2.05) is 30.3 Å². The fourth-order valence-electron chi connectivity index (χ4n) is 2.11. The standard InChI is InChI=1S/C14H20N2O2/c17-10-7-13(12-5-2-1-3-6-12)11-15-14(18)16-8-4-9-16/h1-3,5-6,13,17H,4,7-11H2,(H,15,18). The Morgan fingerprint density at radius 3 is 2.61 bits per heavy atom. The van der Waals surface area contributed by atoms with Crippen LogP contribution >= 0.6 is 0 Å². The molecule has 0 radical (unpaired) electrons. The lowest BCUT2D eigenvalue weighted by Crippen LogP contribution is -2.48. The highest BCUT2D eigenvalue weighted by Gasteiger charge is 2.21. The molecule has 18 heavy (non-hydrogen) atoms. The Kier molecular flexibility index (Phi) is 4.59. The van der Waals surface area contributed by atoms with E-state index in [2.05, 4.69) is 5.32 Å². The van der Waals surface area contributed by atoms with E-state index in [1.54, 1.807) is 4.90 Å². The van der Waals surface area contributed by atoms with Crippen molar-refractivity contribution in [3.8, 4) is 0 Å². The quantitative estimate of drug-likeness (QED) is 0.831. The minimum absolute atomic E-state index is 0.0140. The van der Waals surface area contributed by atoms with Crippen LogP contribution in [-0.2, 0) is 0 Å². The molecule has 0 aromatic heterocycles. The number of carbonyl (C=O) groups is 1. The zero-order valence-corrected chi connectivity index (χ0v) is 10.5. The van der Waals surface area contributed by atoms with Crippen molar-refractivity contribution in [2.45, 2.75) is 18.8 Å². The van der Waals surface area contributed by atoms with Crippen molar-refractivity contribution < 1.29 is 9.90 Å². The number of rotatable bonds is 5. The molecule has 0 saturated carbocycles. The zero-order chi connectivity index (χ0) is 12.8. The van der Waals surface area contributed by atoms with Gasteiger partial charge in [-0.25, -0.2) is 4.79 Å². The number of aliphatic hydroxyl groups excluding tert-OH is 1. The van der Waals surface area contributed by atoms with Gasteiger partial charge in [0.25, 0.3) is 0 Å². The van der Waals surface area contributed by atoms with E-state index in [0.29, 0.717) is 13.0 Å². The number of hydrogen-bond acceptors (Lipinski definition) is 2. The normalized spacial score (nSPS) is 15.9. The molecule has 1 aliphatic rings. The van der Waals surface area contributed by atoms with Gasteiger partial charge in [-0.2, -0.15) is 0 Å². The Bertz CT molecular complexity index is 377. The number of hydrogen-bond donors (Lipinski definition) is 2. The van der Waals surface area contributed by atoms with E-state index in [0.717, 1.165) is 25.1 Å². The number of nitrogens with one attached hydrogen (secondary N) is 1. The molecular formula is C14H20N2O2. The molecule has 1 heterocycles. The summed E-state index contributed by atoms with van der Waals surface area (Å²) in [5, 5.41) is 12.1. The van der Waals surface area contributed by atoms with Crippen molar-refractivity contribution in [1.82, 2.24) is 10.2 Å². The highest BCUT2D eigenvalue weighted by Crippen LogP contribution is 2.18. The molecule has 1 fully saturated rings. The number of carbonyl (C=O) groups excluding carboxylic acids is 1. The van der Waals surface area contributed by atoms with Crippen molar-refractivity contribution in [3.05, 3.63) is 35.9 Å². The molecule has 0 bridgehead atoms. The predicted octanol–water partition coefficient (Wildman–Crippen LogP) is 1.57. The summed E-state index contributed by atoms with van der Waals surface area (Å²) >= 11 is 0. The summed E-state index contributed by atoms with van der Waals surface area (Å²) in [7, 11) is 0. The molecule has 4 nitrogen and oxygen atoms in total. The van der Waals surface area contributed by atoms with Crippen molar-refractivity contribution in [1.29, 1.82) is 0 Å².